The van der Waals surface area contributed by atoms with Gasteiger partial charge in [-0.15, -0.1) is 0 Å². The molecule has 1 fully saturated rings. The van der Waals surface area contributed by atoms with Gasteiger partial charge in [-0.25, -0.2) is 0 Å². The first-order chi connectivity index (χ1) is 6.83. The first-order valence-electron chi connectivity index (χ1n) is 6.06. The number of methoxy groups -OCH3 is 1. The molecule has 0 saturated heterocycles. The Morgan fingerprint density at radius 1 is 1.07 bits per heavy atom. The zero-order chi connectivity index (χ0) is 11.7. The Balaban J connectivity index is 2.72. The predicted octanol–water partition coefficient (Wildman–Crippen LogP) is 2.99. The van der Waals surface area contributed by atoms with Crippen LogP contribution in [0.2, 0.25) is 0 Å². The predicted molar refractivity (Wildman–Crippen MR) is 62.8 cm³/mol. The molecule has 1 saturated carbocycles. The van der Waals surface area contributed by atoms with Gasteiger partial charge in [-0.1, -0.05) is 27.7 Å². The van der Waals surface area contributed by atoms with E-state index in [1.54, 1.807) is 7.11 Å². The molecule has 0 spiro atoms. The lowest BCUT2D eigenvalue weighted by molar-refractivity contribution is -0.149. The molecule has 0 radical (unpaired) electrons. The molecular weight excluding hydrogens is 188 g/mol. The summed E-state index contributed by atoms with van der Waals surface area (Å²) in [6, 6.07) is 0. The third kappa shape index (κ3) is 2.73. The van der Waals surface area contributed by atoms with Crippen molar-refractivity contribution in [3.63, 3.8) is 0 Å². The van der Waals surface area contributed by atoms with Gasteiger partial charge in [-0.2, -0.15) is 0 Å². The second-order valence-corrected chi connectivity index (χ2v) is 6.12. The van der Waals surface area contributed by atoms with Crippen LogP contribution < -0.4 is 0 Å². The highest BCUT2D eigenvalue weighted by molar-refractivity contribution is 4.96. The monoisotopic (exact) mass is 214 g/mol. The number of ether oxygens (including phenoxy) is 1. The molecule has 0 aromatic rings. The Morgan fingerprint density at radius 2 is 1.53 bits per heavy atom. The fourth-order valence-corrected chi connectivity index (χ4v) is 2.58. The molecule has 0 bridgehead atoms. The van der Waals surface area contributed by atoms with Crippen molar-refractivity contribution >= 4 is 0 Å². The lowest BCUT2D eigenvalue weighted by Gasteiger charge is -2.46. The average Bonchev–Trinajstić information content (AvgIpc) is 2.18. The van der Waals surface area contributed by atoms with Crippen molar-refractivity contribution in [1.29, 1.82) is 0 Å². The van der Waals surface area contributed by atoms with Crippen molar-refractivity contribution in [3.05, 3.63) is 0 Å². The van der Waals surface area contributed by atoms with E-state index in [0.29, 0.717) is 5.41 Å². The van der Waals surface area contributed by atoms with E-state index in [-0.39, 0.29) is 17.6 Å². The van der Waals surface area contributed by atoms with Crippen LogP contribution in [-0.4, -0.2) is 23.9 Å². The van der Waals surface area contributed by atoms with Crippen LogP contribution in [0.25, 0.3) is 0 Å². The van der Waals surface area contributed by atoms with Crippen LogP contribution in [0.1, 0.15) is 53.4 Å². The van der Waals surface area contributed by atoms with E-state index in [1.807, 2.05) is 0 Å². The van der Waals surface area contributed by atoms with E-state index in [4.69, 9.17) is 4.74 Å². The minimum absolute atomic E-state index is 0.270. The Labute approximate surface area is 94.0 Å². The van der Waals surface area contributed by atoms with Crippen LogP contribution in [0.5, 0.6) is 0 Å². The van der Waals surface area contributed by atoms with Crippen molar-refractivity contribution in [3.8, 4) is 0 Å². The minimum atomic E-state index is -0.335. The highest BCUT2D eigenvalue weighted by Gasteiger charge is 2.44. The summed E-state index contributed by atoms with van der Waals surface area (Å²) < 4.78 is 5.65. The molecule has 1 aliphatic rings. The SMILES string of the molecule is COC1(C(O)C(C)C)CCC(C)(C)CC1. The van der Waals surface area contributed by atoms with Crippen LogP contribution in [0.15, 0.2) is 0 Å². The largest absolute Gasteiger partial charge is 0.390 e. The van der Waals surface area contributed by atoms with Gasteiger partial charge in [0.1, 0.15) is 0 Å². The second kappa shape index (κ2) is 4.42. The molecular formula is C13H26O2. The molecule has 90 valence electrons. The van der Waals surface area contributed by atoms with E-state index >= 15 is 0 Å². The molecule has 1 aliphatic carbocycles. The quantitative estimate of drug-likeness (QED) is 0.782. The van der Waals surface area contributed by atoms with Crippen LogP contribution >= 0.6 is 0 Å². The standard InChI is InChI=1S/C13H26O2/c1-10(2)11(14)13(15-5)8-6-12(3,4)7-9-13/h10-11,14H,6-9H2,1-5H3. The molecule has 0 amide bonds. The number of rotatable bonds is 3. The summed E-state index contributed by atoms with van der Waals surface area (Å²) in [6.45, 7) is 8.72. The van der Waals surface area contributed by atoms with Crippen LogP contribution in [0, 0.1) is 11.3 Å². The van der Waals surface area contributed by atoms with Gasteiger partial charge >= 0.3 is 0 Å². The smallest absolute Gasteiger partial charge is 0.0939 e. The number of hydrogen-bond donors (Lipinski definition) is 1. The van der Waals surface area contributed by atoms with E-state index in [2.05, 4.69) is 27.7 Å². The normalized spacial score (nSPS) is 26.6. The molecule has 0 aliphatic heterocycles. The number of aliphatic hydroxyl groups excluding tert-OH is 1. The molecule has 0 aromatic heterocycles. The molecule has 1 rings (SSSR count). The van der Waals surface area contributed by atoms with Crippen molar-refractivity contribution in [2.24, 2.45) is 11.3 Å². The van der Waals surface area contributed by atoms with Crippen molar-refractivity contribution < 1.29 is 9.84 Å². The maximum atomic E-state index is 10.2. The van der Waals surface area contributed by atoms with E-state index in [9.17, 15) is 5.11 Å². The third-order valence-corrected chi connectivity index (χ3v) is 4.03. The number of aliphatic hydroxyl groups is 1. The highest BCUT2D eigenvalue weighted by Crippen LogP contribution is 2.44. The van der Waals surface area contributed by atoms with E-state index < -0.39 is 0 Å². The van der Waals surface area contributed by atoms with Gasteiger partial charge in [0.2, 0.25) is 0 Å². The van der Waals surface area contributed by atoms with Crippen LogP contribution in [0.3, 0.4) is 0 Å². The van der Waals surface area contributed by atoms with Crippen LogP contribution in [-0.2, 0) is 4.74 Å². The summed E-state index contributed by atoms with van der Waals surface area (Å²) in [7, 11) is 1.74. The zero-order valence-corrected chi connectivity index (χ0v) is 10.8. The average molecular weight is 214 g/mol. The first kappa shape index (κ1) is 13.0. The fraction of sp³-hybridized carbons (Fsp3) is 1.00. The maximum absolute atomic E-state index is 10.2. The Morgan fingerprint density at radius 3 is 1.87 bits per heavy atom. The topological polar surface area (TPSA) is 29.5 Å². The van der Waals surface area contributed by atoms with Gasteiger partial charge in [-0.3, -0.25) is 0 Å². The molecule has 1 atom stereocenters. The lowest BCUT2D eigenvalue weighted by atomic mass is 9.67. The van der Waals surface area contributed by atoms with Gasteiger partial charge in [-0.05, 0) is 37.0 Å². The zero-order valence-electron chi connectivity index (χ0n) is 10.8. The van der Waals surface area contributed by atoms with Gasteiger partial charge in [0.15, 0.2) is 0 Å². The van der Waals surface area contributed by atoms with Crippen molar-refractivity contribution in [1.82, 2.24) is 0 Å². The first-order valence-corrected chi connectivity index (χ1v) is 6.06. The molecule has 15 heavy (non-hydrogen) atoms. The molecule has 2 nitrogen and oxygen atoms in total. The summed E-state index contributed by atoms with van der Waals surface area (Å²) >= 11 is 0. The summed E-state index contributed by atoms with van der Waals surface area (Å²) in [5.41, 5.74) is 0.127. The number of hydrogen-bond acceptors (Lipinski definition) is 2. The van der Waals surface area contributed by atoms with E-state index in [1.165, 1.54) is 0 Å². The van der Waals surface area contributed by atoms with Gasteiger partial charge in [0, 0.05) is 7.11 Å². The lowest BCUT2D eigenvalue weighted by Crippen LogP contribution is -2.50. The minimum Gasteiger partial charge on any atom is -0.390 e. The molecule has 0 aromatic carbocycles. The second-order valence-electron chi connectivity index (χ2n) is 6.12. The summed E-state index contributed by atoms with van der Waals surface area (Å²) in [5, 5.41) is 10.2. The third-order valence-electron chi connectivity index (χ3n) is 4.03. The molecule has 0 heterocycles. The van der Waals surface area contributed by atoms with Gasteiger partial charge in [0.05, 0.1) is 11.7 Å². The van der Waals surface area contributed by atoms with Crippen molar-refractivity contribution in [2.45, 2.75) is 65.1 Å². The Hall–Kier alpha value is -0.0800. The maximum Gasteiger partial charge on any atom is 0.0939 e. The molecule has 1 unspecified atom stereocenters. The van der Waals surface area contributed by atoms with Gasteiger partial charge < -0.3 is 9.84 Å². The summed E-state index contributed by atoms with van der Waals surface area (Å²) in [6.07, 6.45) is 3.92. The Kier molecular flexibility index (Phi) is 3.83. The van der Waals surface area contributed by atoms with E-state index in [0.717, 1.165) is 25.7 Å². The van der Waals surface area contributed by atoms with Crippen molar-refractivity contribution in [2.75, 3.05) is 7.11 Å². The van der Waals surface area contributed by atoms with Crippen LogP contribution in [0.4, 0.5) is 0 Å². The molecule has 2 heteroatoms. The highest BCUT2D eigenvalue weighted by atomic mass is 16.5. The summed E-state index contributed by atoms with van der Waals surface area (Å²) in [4.78, 5) is 0. The Bertz CT molecular complexity index is 199. The van der Waals surface area contributed by atoms with Gasteiger partial charge in [0.25, 0.3) is 0 Å². The summed E-state index contributed by atoms with van der Waals surface area (Å²) in [5.74, 6) is 0.270. The fourth-order valence-electron chi connectivity index (χ4n) is 2.58. The molecule has 1 N–H and O–H groups in total.